The summed E-state index contributed by atoms with van der Waals surface area (Å²) in [6, 6.07) is 1.50. The maximum Gasteiger partial charge on any atom is 0.320 e. The molecule has 1 aromatic heterocycles. The first-order valence-corrected chi connectivity index (χ1v) is 8.21. The van der Waals surface area contributed by atoms with Gasteiger partial charge in [-0.25, -0.2) is 9.78 Å². The number of pyridine rings is 1. The summed E-state index contributed by atoms with van der Waals surface area (Å²) in [6.45, 7) is 6.70. The topological polar surface area (TPSA) is 101 Å². The van der Waals surface area contributed by atoms with Gasteiger partial charge in [0.05, 0.1) is 19.3 Å². The summed E-state index contributed by atoms with van der Waals surface area (Å²) in [4.78, 5) is 21.4. The van der Waals surface area contributed by atoms with E-state index in [0.717, 1.165) is 40.7 Å². The van der Waals surface area contributed by atoms with Gasteiger partial charge in [-0.2, -0.15) is 0 Å². The molecule has 3 rings (SSSR count). The number of amides is 2. The lowest BCUT2D eigenvalue weighted by atomic mass is 9.91. The maximum atomic E-state index is 11.6. The number of aliphatic imine (C=N–C) groups is 1. The normalized spacial score (nSPS) is 21.1. The van der Waals surface area contributed by atoms with Crippen molar-refractivity contribution in [3.63, 3.8) is 0 Å². The van der Waals surface area contributed by atoms with Crippen LogP contribution < -0.4 is 10.6 Å². The van der Waals surface area contributed by atoms with Gasteiger partial charge in [-0.15, -0.1) is 0 Å². The van der Waals surface area contributed by atoms with Gasteiger partial charge in [0.15, 0.2) is 0 Å². The number of aliphatic hydroxyl groups is 1. The van der Waals surface area contributed by atoms with Crippen LogP contribution in [0.15, 0.2) is 34.6 Å². The predicted molar refractivity (Wildman–Crippen MR) is 96.5 cm³/mol. The standard InChI is InChI=1S/C18H22N4O3/c1-11-15(9-25-10-16(11)23)14(8-20-2)13-6-12-4-3-5-22(18(19)24)17(12)21-7-13/h6-8,16,23H,2-5,9-10H2,1H3,(H2,19,24)/b14-8-. The fourth-order valence-electron chi connectivity index (χ4n) is 3.25. The van der Waals surface area contributed by atoms with E-state index in [4.69, 9.17) is 10.5 Å². The Labute approximate surface area is 146 Å². The van der Waals surface area contributed by atoms with Crippen molar-refractivity contribution in [1.82, 2.24) is 4.98 Å². The van der Waals surface area contributed by atoms with E-state index in [1.165, 1.54) is 4.90 Å². The smallest absolute Gasteiger partial charge is 0.320 e. The molecule has 0 aromatic carbocycles. The van der Waals surface area contributed by atoms with Crippen LogP contribution in [0.1, 0.15) is 24.5 Å². The Kier molecular flexibility index (Phi) is 4.96. The predicted octanol–water partition coefficient (Wildman–Crippen LogP) is 1.66. The SMILES string of the molecule is C=N/C=C(\C1=C(C)C(O)COC1)c1cnc2c(c1)CCCN2C(N)=O. The number of aliphatic hydroxyl groups excluding tert-OH is 1. The molecular formula is C18H22N4O3. The number of fused-ring (bicyclic) bond motifs is 1. The highest BCUT2D eigenvalue weighted by Gasteiger charge is 2.25. The number of hydrogen-bond acceptors (Lipinski definition) is 5. The summed E-state index contributed by atoms with van der Waals surface area (Å²) < 4.78 is 5.47. The molecule has 0 saturated heterocycles. The first-order valence-electron chi connectivity index (χ1n) is 8.21. The summed E-state index contributed by atoms with van der Waals surface area (Å²) in [6.07, 6.45) is 4.37. The average Bonchev–Trinajstić information content (AvgIpc) is 2.61. The molecule has 2 aliphatic rings. The van der Waals surface area contributed by atoms with Crippen LogP contribution in [0.5, 0.6) is 0 Å². The molecule has 0 radical (unpaired) electrons. The molecule has 0 aliphatic carbocycles. The number of rotatable bonds is 3. The second-order valence-electron chi connectivity index (χ2n) is 6.22. The number of ether oxygens (including phenoxy) is 1. The zero-order valence-corrected chi connectivity index (χ0v) is 14.2. The minimum Gasteiger partial charge on any atom is -0.386 e. The van der Waals surface area contributed by atoms with E-state index in [9.17, 15) is 9.90 Å². The van der Waals surface area contributed by atoms with Gasteiger partial charge in [-0.3, -0.25) is 9.89 Å². The van der Waals surface area contributed by atoms with Crippen molar-refractivity contribution < 1.29 is 14.6 Å². The first-order chi connectivity index (χ1) is 12.0. The van der Waals surface area contributed by atoms with Gasteiger partial charge in [0.25, 0.3) is 0 Å². The molecule has 0 spiro atoms. The Balaban J connectivity index is 2.05. The second-order valence-corrected chi connectivity index (χ2v) is 6.22. The lowest BCUT2D eigenvalue weighted by molar-refractivity contribution is 0.0518. The van der Waals surface area contributed by atoms with Crippen LogP contribution >= 0.6 is 0 Å². The molecule has 0 fully saturated rings. The lowest BCUT2D eigenvalue weighted by Gasteiger charge is -2.28. The quantitative estimate of drug-likeness (QED) is 0.816. The number of nitrogens with zero attached hydrogens (tertiary/aromatic N) is 3. The highest BCUT2D eigenvalue weighted by atomic mass is 16.5. The Bertz CT molecular complexity index is 770. The first kappa shape index (κ1) is 17.3. The van der Waals surface area contributed by atoms with E-state index >= 15 is 0 Å². The van der Waals surface area contributed by atoms with Crippen LogP contribution in [0.3, 0.4) is 0 Å². The van der Waals surface area contributed by atoms with E-state index in [0.29, 0.717) is 25.6 Å². The number of urea groups is 1. The molecule has 132 valence electrons. The van der Waals surface area contributed by atoms with E-state index in [-0.39, 0.29) is 0 Å². The van der Waals surface area contributed by atoms with E-state index in [1.807, 2.05) is 13.0 Å². The maximum absolute atomic E-state index is 11.6. The van der Waals surface area contributed by atoms with Crippen molar-refractivity contribution in [2.75, 3.05) is 24.7 Å². The second kappa shape index (κ2) is 7.16. The van der Waals surface area contributed by atoms with Crippen molar-refractivity contribution >= 4 is 24.1 Å². The fraction of sp³-hybridized carbons (Fsp3) is 0.389. The van der Waals surface area contributed by atoms with Gasteiger partial charge in [0.2, 0.25) is 0 Å². The van der Waals surface area contributed by atoms with Crippen molar-refractivity contribution in [2.24, 2.45) is 10.7 Å². The fourth-order valence-corrected chi connectivity index (χ4v) is 3.25. The number of carbonyl (C=O) groups is 1. The molecule has 7 heteroatoms. The monoisotopic (exact) mass is 342 g/mol. The summed E-state index contributed by atoms with van der Waals surface area (Å²) in [5.41, 5.74) is 9.82. The summed E-state index contributed by atoms with van der Waals surface area (Å²) in [5, 5.41) is 10.1. The van der Waals surface area contributed by atoms with Gasteiger partial charge in [-0.05, 0) is 49.3 Å². The third-order valence-corrected chi connectivity index (χ3v) is 4.65. The molecule has 3 heterocycles. The molecule has 1 aromatic rings. The van der Waals surface area contributed by atoms with Gasteiger partial charge in [-0.1, -0.05) is 0 Å². The van der Waals surface area contributed by atoms with Crippen LogP contribution in [0.4, 0.5) is 10.6 Å². The van der Waals surface area contributed by atoms with E-state index in [1.54, 1.807) is 12.4 Å². The summed E-state index contributed by atoms with van der Waals surface area (Å²) >= 11 is 0. The largest absolute Gasteiger partial charge is 0.386 e. The molecule has 7 nitrogen and oxygen atoms in total. The highest BCUT2D eigenvalue weighted by Crippen LogP contribution is 2.33. The molecule has 25 heavy (non-hydrogen) atoms. The van der Waals surface area contributed by atoms with Crippen LogP contribution in [0, 0.1) is 0 Å². The zero-order valence-electron chi connectivity index (χ0n) is 14.2. The third kappa shape index (κ3) is 3.33. The number of aromatic nitrogens is 1. The number of aryl methyl sites for hydroxylation is 1. The molecular weight excluding hydrogens is 320 g/mol. The summed E-state index contributed by atoms with van der Waals surface area (Å²) in [7, 11) is 0. The van der Waals surface area contributed by atoms with Crippen molar-refractivity contribution in [3.05, 3.63) is 40.7 Å². The Morgan fingerprint density at radius 2 is 2.40 bits per heavy atom. The molecule has 1 unspecified atom stereocenters. The number of nitrogens with two attached hydrogens (primary N) is 1. The van der Waals surface area contributed by atoms with Crippen LogP contribution in [0.25, 0.3) is 5.57 Å². The van der Waals surface area contributed by atoms with Gasteiger partial charge < -0.3 is 15.6 Å². The van der Waals surface area contributed by atoms with Crippen LogP contribution in [-0.2, 0) is 11.2 Å². The van der Waals surface area contributed by atoms with Crippen molar-refractivity contribution in [2.45, 2.75) is 25.9 Å². The minimum absolute atomic E-state index is 0.292. The molecule has 1 atom stereocenters. The van der Waals surface area contributed by atoms with Crippen LogP contribution in [0.2, 0.25) is 0 Å². The Morgan fingerprint density at radius 1 is 1.60 bits per heavy atom. The molecule has 2 amide bonds. The Hall–Kier alpha value is -2.51. The average molecular weight is 342 g/mol. The molecule has 3 N–H and O–H groups in total. The Morgan fingerprint density at radius 3 is 3.12 bits per heavy atom. The summed E-state index contributed by atoms with van der Waals surface area (Å²) in [5.74, 6) is 0.610. The molecule has 0 saturated carbocycles. The van der Waals surface area contributed by atoms with E-state index < -0.39 is 12.1 Å². The molecule has 2 aliphatic heterocycles. The lowest BCUT2D eigenvalue weighted by Crippen LogP contribution is -2.40. The van der Waals surface area contributed by atoms with Gasteiger partial charge in [0, 0.05) is 30.1 Å². The van der Waals surface area contributed by atoms with Crippen LogP contribution in [-0.4, -0.2) is 48.7 Å². The van der Waals surface area contributed by atoms with Crippen molar-refractivity contribution in [3.8, 4) is 0 Å². The van der Waals surface area contributed by atoms with E-state index in [2.05, 4.69) is 16.7 Å². The number of carbonyl (C=O) groups excluding carboxylic acids is 1. The number of anilines is 1. The number of primary amides is 1. The molecule has 0 bridgehead atoms. The highest BCUT2D eigenvalue weighted by molar-refractivity contribution is 5.91. The minimum atomic E-state index is -0.632. The third-order valence-electron chi connectivity index (χ3n) is 4.65. The van der Waals surface area contributed by atoms with Gasteiger partial charge >= 0.3 is 6.03 Å². The zero-order chi connectivity index (χ0) is 18.0. The van der Waals surface area contributed by atoms with Gasteiger partial charge in [0.1, 0.15) is 5.82 Å². The number of hydrogen-bond donors (Lipinski definition) is 2. The van der Waals surface area contributed by atoms with Crippen molar-refractivity contribution in [1.29, 1.82) is 0 Å².